The van der Waals surface area contributed by atoms with Crippen LogP contribution in [0.2, 0.25) is 5.02 Å². The summed E-state index contributed by atoms with van der Waals surface area (Å²) in [5.74, 6) is -1.03. The van der Waals surface area contributed by atoms with E-state index in [9.17, 15) is 14.7 Å². The highest BCUT2D eigenvalue weighted by Gasteiger charge is 2.49. The Kier molecular flexibility index (Phi) is 7.57. The average molecular weight is 617 g/mol. The molecule has 1 atom stereocenters. The Hall–Kier alpha value is -4.41. The number of hydrogen-bond acceptors (Lipinski definition) is 8. The lowest BCUT2D eigenvalue weighted by Gasteiger charge is -2.23. The Morgan fingerprint density at radius 2 is 1.91 bits per heavy atom. The molecule has 1 aliphatic rings. The minimum Gasteiger partial charge on any atom is -0.505 e. The van der Waals surface area contributed by atoms with E-state index in [2.05, 4.69) is 16.9 Å². The molecule has 11 heteroatoms. The van der Waals surface area contributed by atoms with Crippen molar-refractivity contribution in [2.45, 2.75) is 39.7 Å². The van der Waals surface area contributed by atoms with E-state index in [1.165, 1.54) is 23.3 Å². The van der Waals surface area contributed by atoms with Gasteiger partial charge in [-0.2, -0.15) is 0 Å². The van der Waals surface area contributed by atoms with Crippen molar-refractivity contribution < 1.29 is 24.2 Å². The molecule has 3 aromatic heterocycles. The maximum atomic E-state index is 13.8. The lowest BCUT2D eigenvalue weighted by Crippen LogP contribution is -2.29. The van der Waals surface area contributed by atoms with Crippen LogP contribution in [-0.2, 0) is 9.59 Å². The number of amides is 1. The summed E-state index contributed by atoms with van der Waals surface area (Å²) in [7, 11) is 1.53. The van der Waals surface area contributed by atoms with Crippen molar-refractivity contribution in [3.63, 3.8) is 0 Å². The Balaban J connectivity index is 1.56. The number of unbranched alkanes of at least 4 members (excludes halogenated alkanes) is 1. The number of imidazole rings is 1. The molecule has 0 saturated carbocycles. The van der Waals surface area contributed by atoms with Gasteiger partial charge in [-0.15, -0.1) is 0 Å². The number of fused-ring (bicyclic) bond motifs is 2. The summed E-state index contributed by atoms with van der Waals surface area (Å²) in [6.45, 7) is 6.32. The number of aliphatic hydroxyl groups excluding tert-OH is 1. The molecule has 6 rings (SSSR count). The van der Waals surface area contributed by atoms with Gasteiger partial charge < -0.3 is 19.0 Å². The van der Waals surface area contributed by atoms with Gasteiger partial charge in [-0.3, -0.25) is 14.5 Å². The average Bonchev–Trinajstić information content (AvgIpc) is 3.65. The van der Waals surface area contributed by atoms with Crippen LogP contribution in [0.5, 0.6) is 11.5 Å². The number of ether oxygens (including phenoxy) is 2. The number of ketones is 1. The fourth-order valence-electron chi connectivity index (χ4n) is 5.31. The van der Waals surface area contributed by atoms with Crippen LogP contribution in [0.15, 0.2) is 60.3 Å². The van der Waals surface area contributed by atoms with E-state index >= 15 is 0 Å². The highest BCUT2D eigenvalue weighted by atomic mass is 35.5. The van der Waals surface area contributed by atoms with Crippen LogP contribution < -0.4 is 14.4 Å². The maximum absolute atomic E-state index is 13.8. The summed E-state index contributed by atoms with van der Waals surface area (Å²) in [5.41, 5.74) is 3.48. The second-order valence-corrected chi connectivity index (χ2v) is 11.8. The predicted octanol–water partition coefficient (Wildman–Crippen LogP) is 7.03. The number of hydrogen-bond donors (Lipinski definition) is 1. The second kappa shape index (κ2) is 11.3. The molecule has 1 N–H and O–H groups in total. The molecule has 220 valence electrons. The van der Waals surface area contributed by atoms with Crippen LogP contribution in [0.4, 0.5) is 5.13 Å². The number of halogens is 1. The van der Waals surface area contributed by atoms with E-state index in [0.717, 1.165) is 23.1 Å². The number of carbonyl (C=O) groups excluding carboxylic acids is 2. The number of methoxy groups -OCH3 is 1. The fraction of sp³-hybridized carbons (Fsp3) is 0.250. The number of pyridine rings is 1. The third-order valence-corrected chi connectivity index (χ3v) is 8.81. The molecule has 1 fully saturated rings. The molecule has 0 aliphatic carbocycles. The Bertz CT molecular complexity index is 1950. The predicted molar refractivity (Wildman–Crippen MR) is 167 cm³/mol. The van der Waals surface area contributed by atoms with Crippen molar-refractivity contribution in [1.29, 1.82) is 0 Å². The van der Waals surface area contributed by atoms with E-state index in [1.807, 2.05) is 36.6 Å². The number of aryl methyl sites for hydroxylation is 2. The second-order valence-electron chi connectivity index (χ2n) is 10.3. The number of aliphatic hydroxyl groups is 1. The van der Waals surface area contributed by atoms with Gasteiger partial charge in [0.05, 0.1) is 41.2 Å². The molecule has 1 unspecified atom stereocenters. The number of nitrogens with zero attached hydrogens (tertiary/aromatic N) is 4. The van der Waals surface area contributed by atoms with E-state index in [-0.39, 0.29) is 17.0 Å². The van der Waals surface area contributed by atoms with Gasteiger partial charge in [-0.25, -0.2) is 9.97 Å². The molecule has 2 aromatic carbocycles. The first kappa shape index (κ1) is 28.7. The molecule has 1 saturated heterocycles. The van der Waals surface area contributed by atoms with E-state index in [0.29, 0.717) is 50.7 Å². The summed E-state index contributed by atoms with van der Waals surface area (Å²) in [4.78, 5) is 38.3. The van der Waals surface area contributed by atoms with Crippen LogP contribution in [0.25, 0.3) is 21.6 Å². The fourth-order valence-corrected chi connectivity index (χ4v) is 6.58. The van der Waals surface area contributed by atoms with Crippen LogP contribution in [-0.4, -0.2) is 44.9 Å². The van der Waals surface area contributed by atoms with Gasteiger partial charge in [-0.1, -0.05) is 48.4 Å². The van der Waals surface area contributed by atoms with Gasteiger partial charge in [0.2, 0.25) is 0 Å². The van der Waals surface area contributed by atoms with Crippen molar-refractivity contribution in [2.75, 3.05) is 18.6 Å². The number of rotatable bonds is 8. The Morgan fingerprint density at radius 1 is 1.09 bits per heavy atom. The first-order chi connectivity index (χ1) is 20.7. The minimum absolute atomic E-state index is 0.0897. The Morgan fingerprint density at radius 3 is 2.65 bits per heavy atom. The summed E-state index contributed by atoms with van der Waals surface area (Å²) < 4.78 is 14.2. The highest BCUT2D eigenvalue weighted by Crippen LogP contribution is 2.46. The lowest BCUT2D eigenvalue weighted by molar-refractivity contribution is -0.132. The standard InChI is InChI=1S/C32H29ClN4O5S/c1-5-6-14-42-22-12-9-19(15-23(22)41-4)27-25(28(38)26-18(3)36-13-7-8-17(2)30(36)35-26)29(39)31(40)37(27)32-34-21-11-10-20(33)16-24(21)43-32/h7-13,15-16,27,38H,5-6,14H2,1-4H3. The number of thiazole rings is 1. The lowest BCUT2D eigenvalue weighted by atomic mass is 9.96. The van der Waals surface area contributed by atoms with E-state index < -0.39 is 17.7 Å². The number of aromatic nitrogens is 3. The molecule has 0 radical (unpaired) electrons. The van der Waals surface area contributed by atoms with Crippen molar-refractivity contribution in [3.8, 4) is 11.5 Å². The smallest absolute Gasteiger partial charge is 0.301 e. The normalized spacial score (nSPS) is 16.5. The molecule has 0 spiro atoms. The molecule has 4 heterocycles. The van der Waals surface area contributed by atoms with E-state index in [1.54, 1.807) is 36.4 Å². The zero-order valence-electron chi connectivity index (χ0n) is 24.1. The quantitative estimate of drug-likeness (QED) is 0.0863. The van der Waals surface area contributed by atoms with Crippen molar-refractivity contribution in [2.24, 2.45) is 0 Å². The number of Topliss-reactive ketones (excluding diaryl/α,β-unsaturated/α-hetero) is 1. The SMILES string of the molecule is CCCCOc1ccc(C2C(=C(O)c3nc4c(C)cccn4c3C)C(=O)C(=O)N2c2nc3ccc(Cl)cc3s2)cc1OC. The van der Waals surface area contributed by atoms with Crippen LogP contribution in [0.1, 0.15) is 48.3 Å². The minimum atomic E-state index is -1.01. The molecule has 1 amide bonds. The zero-order chi connectivity index (χ0) is 30.4. The first-order valence-electron chi connectivity index (χ1n) is 13.9. The molecular weight excluding hydrogens is 588 g/mol. The van der Waals surface area contributed by atoms with Gasteiger partial charge in [-0.05, 0) is 67.8 Å². The van der Waals surface area contributed by atoms with Crippen molar-refractivity contribution >= 4 is 61.4 Å². The maximum Gasteiger partial charge on any atom is 0.301 e. The van der Waals surface area contributed by atoms with Crippen molar-refractivity contribution in [1.82, 2.24) is 14.4 Å². The monoisotopic (exact) mass is 616 g/mol. The number of carbonyl (C=O) groups is 2. The van der Waals surface area contributed by atoms with Crippen LogP contribution in [0.3, 0.4) is 0 Å². The van der Waals surface area contributed by atoms with Gasteiger partial charge >= 0.3 is 5.91 Å². The summed E-state index contributed by atoms with van der Waals surface area (Å²) >= 11 is 7.45. The van der Waals surface area contributed by atoms with Gasteiger partial charge in [0.1, 0.15) is 11.3 Å². The van der Waals surface area contributed by atoms with Crippen molar-refractivity contribution in [3.05, 3.63) is 87.8 Å². The van der Waals surface area contributed by atoms with E-state index in [4.69, 9.17) is 21.1 Å². The van der Waals surface area contributed by atoms with Crippen LogP contribution >= 0.6 is 22.9 Å². The highest BCUT2D eigenvalue weighted by molar-refractivity contribution is 7.22. The Labute approximate surface area is 257 Å². The number of benzene rings is 2. The topological polar surface area (TPSA) is 106 Å². The third kappa shape index (κ3) is 4.90. The van der Waals surface area contributed by atoms with Gasteiger partial charge in [0.15, 0.2) is 22.4 Å². The molecule has 43 heavy (non-hydrogen) atoms. The largest absolute Gasteiger partial charge is 0.505 e. The van der Waals surface area contributed by atoms with Gasteiger partial charge in [0.25, 0.3) is 5.78 Å². The number of anilines is 1. The van der Waals surface area contributed by atoms with Gasteiger partial charge in [0, 0.05) is 11.2 Å². The zero-order valence-corrected chi connectivity index (χ0v) is 25.6. The molecule has 9 nitrogen and oxygen atoms in total. The van der Waals surface area contributed by atoms with Crippen LogP contribution in [0, 0.1) is 13.8 Å². The molecule has 5 aromatic rings. The molecule has 0 bridgehead atoms. The molecular formula is C32H29ClN4O5S. The first-order valence-corrected chi connectivity index (χ1v) is 15.0. The third-order valence-electron chi connectivity index (χ3n) is 7.56. The summed E-state index contributed by atoms with van der Waals surface area (Å²) in [5, 5.41) is 12.6. The summed E-state index contributed by atoms with van der Waals surface area (Å²) in [6, 6.07) is 13.3. The summed E-state index contributed by atoms with van der Waals surface area (Å²) in [6.07, 6.45) is 3.70. The molecule has 1 aliphatic heterocycles.